The van der Waals surface area contributed by atoms with Gasteiger partial charge in [0.05, 0.1) is 6.26 Å². The zero-order valence-electron chi connectivity index (χ0n) is 15.1. The van der Waals surface area contributed by atoms with Gasteiger partial charge < -0.3 is 20.2 Å². The second kappa shape index (κ2) is 11.1. The van der Waals surface area contributed by atoms with Gasteiger partial charge in [-0.1, -0.05) is 34.5 Å². The largest absolute Gasteiger partial charge is 0.481 e. The third-order valence-electron chi connectivity index (χ3n) is 3.75. The average Bonchev–Trinajstić information content (AvgIpc) is 3.18. The molecule has 0 aliphatic rings. The summed E-state index contributed by atoms with van der Waals surface area (Å²) in [5.74, 6) is -1.69. The zero-order chi connectivity index (χ0) is 20.4. The molecule has 1 aromatic carbocycles. The SMILES string of the molecule is O=C(O)CCCCCNC(=O)C(=Cc1cccc(Br)c1)NC(=O)c1ccco1. The number of furan rings is 1. The number of halogens is 1. The molecule has 2 aromatic rings. The van der Waals surface area contributed by atoms with Crippen LogP contribution in [0.2, 0.25) is 0 Å². The number of hydrogen-bond acceptors (Lipinski definition) is 4. The fourth-order valence-electron chi connectivity index (χ4n) is 2.39. The molecule has 1 heterocycles. The Morgan fingerprint density at radius 1 is 1.11 bits per heavy atom. The standard InChI is InChI=1S/C20H21BrN2O5/c21-15-7-4-6-14(12-15)13-16(23-20(27)17-8-5-11-28-17)19(26)22-10-3-1-2-9-18(24)25/h4-8,11-13H,1-3,9-10H2,(H,22,26)(H,23,27)(H,24,25). The molecule has 148 valence electrons. The van der Waals surface area contributed by atoms with Gasteiger partial charge >= 0.3 is 5.97 Å². The molecular formula is C20H21BrN2O5. The van der Waals surface area contributed by atoms with E-state index < -0.39 is 17.8 Å². The number of unbranched alkanes of at least 4 members (excludes halogenated alkanes) is 2. The van der Waals surface area contributed by atoms with Crippen LogP contribution in [0.15, 0.2) is 57.2 Å². The van der Waals surface area contributed by atoms with Crippen LogP contribution in [0, 0.1) is 0 Å². The monoisotopic (exact) mass is 448 g/mol. The van der Waals surface area contributed by atoms with Crippen LogP contribution in [0.1, 0.15) is 41.8 Å². The normalized spacial score (nSPS) is 11.1. The molecule has 0 aliphatic carbocycles. The third kappa shape index (κ3) is 7.40. The Kier molecular flexibility index (Phi) is 8.48. The molecule has 8 heteroatoms. The maximum absolute atomic E-state index is 12.5. The van der Waals surface area contributed by atoms with Crippen molar-refractivity contribution >= 4 is 39.8 Å². The van der Waals surface area contributed by atoms with E-state index >= 15 is 0 Å². The van der Waals surface area contributed by atoms with E-state index in [-0.39, 0.29) is 17.9 Å². The van der Waals surface area contributed by atoms with Crippen molar-refractivity contribution in [1.29, 1.82) is 0 Å². The van der Waals surface area contributed by atoms with Crippen molar-refractivity contribution in [2.75, 3.05) is 6.54 Å². The number of amides is 2. The van der Waals surface area contributed by atoms with E-state index in [0.717, 1.165) is 10.0 Å². The van der Waals surface area contributed by atoms with E-state index in [1.54, 1.807) is 12.1 Å². The molecule has 0 bridgehead atoms. The molecule has 0 radical (unpaired) electrons. The van der Waals surface area contributed by atoms with Crippen LogP contribution < -0.4 is 10.6 Å². The van der Waals surface area contributed by atoms with Crippen molar-refractivity contribution in [3.63, 3.8) is 0 Å². The smallest absolute Gasteiger partial charge is 0.303 e. The molecule has 3 N–H and O–H groups in total. The number of carboxylic acid groups (broad SMARTS) is 1. The van der Waals surface area contributed by atoms with Gasteiger partial charge in [-0.3, -0.25) is 14.4 Å². The Balaban J connectivity index is 2.01. The van der Waals surface area contributed by atoms with Crippen LogP contribution >= 0.6 is 15.9 Å². The Bertz CT molecular complexity index is 846. The highest BCUT2D eigenvalue weighted by molar-refractivity contribution is 9.10. The molecule has 0 unspecified atom stereocenters. The Morgan fingerprint density at radius 2 is 1.93 bits per heavy atom. The zero-order valence-corrected chi connectivity index (χ0v) is 16.7. The second-order valence-corrected chi connectivity index (χ2v) is 6.92. The first-order valence-corrected chi connectivity index (χ1v) is 9.57. The Hall–Kier alpha value is -2.87. The number of hydrogen-bond donors (Lipinski definition) is 3. The van der Waals surface area contributed by atoms with Crippen molar-refractivity contribution in [2.45, 2.75) is 25.7 Å². The second-order valence-electron chi connectivity index (χ2n) is 6.00. The predicted octanol–water partition coefficient (Wildman–Crippen LogP) is 3.57. The van der Waals surface area contributed by atoms with Gasteiger partial charge in [0.2, 0.25) is 0 Å². The molecule has 2 rings (SSSR count). The summed E-state index contributed by atoms with van der Waals surface area (Å²) in [6, 6.07) is 10.4. The maximum Gasteiger partial charge on any atom is 0.303 e. The van der Waals surface area contributed by atoms with Crippen molar-refractivity contribution in [3.05, 3.63) is 64.2 Å². The third-order valence-corrected chi connectivity index (χ3v) is 4.24. The molecule has 0 atom stereocenters. The summed E-state index contributed by atoms with van der Waals surface area (Å²) < 4.78 is 5.91. The molecule has 0 spiro atoms. The summed E-state index contributed by atoms with van der Waals surface area (Å²) in [7, 11) is 0. The maximum atomic E-state index is 12.5. The molecule has 0 fully saturated rings. The number of nitrogens with one attached hydrogen (secondary N) is 2. The molecule has 28 heavy (non-hydrogen) atoms. The van der Waals surface area contributed by atoms with Gasteiger partial charge in [-0.05, 0) is 48.7 Å². The number of aliphatic carboxylic acids is 1. The van der Waals surface area contributed by atoms with E-state index in [2.05, 4.69) is 26.6 Å². The van der Waals surface area contributed by atoms with Crippen molar-refractivity contribution < 1.29 is 23.9 Å². The minimum atomic E-state index is -0.830. The van der Waals surface area contributed by atoms with Crippen LogP contribution in [0.25, 0.3) is 6.08 Å². The van der Waals surface area contributed by atoms with Gasteiger partial charge in [0.25, 0.3) is 11.8 Å². The van der Waals surface area contributed by atoms with Crippen LogP contribution in [-0.4, -0.2) is 29.4 Å². The lowest BCUT2D eigenvalue weighted by molar-refractivity contribution is -0.137. The van der Waals surface area contributed by atoms with Gasteiger partial charge in [0.1, 0.15) is 5.70 Å². The highest BCUT2D eigenvalue weighted by atomic mass is 79.9. The average molecular weight is 449 g/mol. The summed E-state index contributed by atoms with van der Waals surface area (Å²) in [4.78, 5) is 35.3. The topological polar surface area (TPSA) is 109 Å². The molecule has 0 saturated heterocycles. The summed E-state index contributed by atoms with van der Waals surface area (Å²) >= 11 is 3.37. The fraction of sp³-hybridized carbons (Fsp3) is 0.250. The molecule has 7 nitrogen and oxygen atoms in total. The van der Waals surface area contributed by atoms with Crippen LogP contribution in [0.5, 0.6) is 0 Å². The Morgan fingerprint density at radius 3 is 2.61 bits per heavy atom. The van der Waals surface area contributed by atoms with Crippen molar-refractivity contribution in [1.82, 2.24) is 10.6 Å². The molecule has 0 saturated carbocycles. The van der Waals surface area contributed by atoms with E-state index in [1.165, 1.54) is 12.3 Å². The highest BCUT2D eigenvalue weighted by Crippen LogP contribution is 2.14. The minimum Gasteiger partial charge on any atom is -0.481 e. The van der Waals surface area contributed by atoms with Gasteiger partial charge in [-0.25, -0.2) is 0 Å². The lowest BCUT2D eigenvalue weighted by Crippen LogP contribution is -2.35. The number of rotatable bonds is 10. The van der Waals surface area contributed by atoms with E-state index in [1.807, 2.05) is 24.3 Å². The first-order chi connectivity index (χ1) is 13.5. The minimum absolute atomic E-state index is 0.0880. The summed E-state index contributed by atoms with van der Waals surface area (Å²) in [5.41, 5.74) is 0.825. The summed E-state index contributed by atoms with van der Waals surface area (Å²) in [6.45, 7) is 0.380. The summed E-state index contributed by atoms with van der Waals surface area (Å²) in [5, 5.41) is 13.9. The van der Waals surface area contributed by atoms with E-state index in [0.29, 0.717) is 25.8 Å². The number of carbonyl (C=O) groups excluding carboxylic acids is 2. The number of carboxylic acids is 1. The lowest BCUT2D eigenvalue weighted by Gasteiger charge is -2.10. The van der Waals surface area contributed by atoms with E-state index in [9.17, 15) is 14.4 Å². The van der Waals surface area contributed by atoms with Gasteiger partial charge in [0.15, 0.2) is 5.76 Å². The number of carbonyl (C=O) groups is 3. The highest BCUT2D eigenvalue weighted by Gasteiger charge is 2.16. The molecule has 1 aromatic heterocycles. The van der Waals surface area contributed by atoms with Crippen LogP contribution in [0.4, 0.5) is 0 Å². The van der Waals surface area contributed by atoms with Crippen LogP contribution in [-0.2, 0) is 9.59 Å². The molecule has 0 aliphatic heterocycles. The first kappa shape index (κ1) is 21.4. The Labute approximate surface area is 170 Å². The van der Waals surface area contributed by atoms with Gasteiger partial charge in [0, 0.05) is 17.4 Å². The summed E-state index contributed by atoms with van der Waals surface area (Å²) in [6.07, 6.45) is 4.96. The first-order valence-electron chi connectivity index (χ1n) is 8.78. The van der Waals surface area contributed by atoms with Crippen molar-refractivity contribution in [2.24, 2.45) is 0 Å². The number of benzene rings is 1. The molecular weight excluding hydrogens is 428 g/mol. The lowest BCUT2D eigenvalue weighted by atomic mass is 10.1. The van der Waals surface area contributed by atoms with Crippen LogP contribution in [0.3, 0.4) is 0 Å². The quantitative estimate of drug-likeness (QED) is 0.380. The predicted molar refractivity (Wildman–Crippen MR) is 107 cm³/mol. The fourth-order valence-corrected chi connectivity index (χ4v) is 2.81. The van der Waals surface area contributed by atoms with Gasteiger partial charge in [-0.15, -0.1) is 0 Å². The molecule has 2 amide bonds. The van der Waals surface area contributed by atoms with Gasteiger partial charge in [-0.2, -0.15) is 0 Å². The van der Waals surface area contributed by atoms with E-state index in [4.69, 9.17) is 9.52 Å². The van der Waals surface area contributed by atoms with Crippen molar-refractivity contribution in [3.8, 4) is 0 Å².